The summed E-state index contributed by atoms with van der Waals surface area (Å²) in [6.45, 7) is 1.77. The lowest BCUT2D eigenvalue weighted by molar-refractivity contribution is -0.385. The van der Waals surface area contributed by atoms with E-state index in [-0.39, 0.29) is 16.3 Å². The topological polar surface area (TPSA) is 66.9 Å². The van der Waals surface area contributed by atoms with Crippen LogP contribution in [0.5, 0.6) is 0 Å². The van der Waals surface area contributed by atoms with Crippen LogP contribution in [-0.4, -0.2) is 4.92 Å². The van der Waals surface area contributed by atoms with Crippen molar-refractivity contribution in [3.8, 4) is 6.07 Å². The Hall–Kier alpha value is -1.86. The van der Waals surface area contributed by atoms with E-state index < -0.39 is 4.92 Å². The van der Waals surface area contributed by atoms with Gasteiger partial charge in [0.2, 0.25) is 0 Å². The van der Waals surface area contributed by atoms with E-state index in [4.69, 9.17) is 16.9 Å². The minimum atomic E-state index is -0.512. The number of nitro groups is 1. The Balaban J connectivity index is 3.40. The Kier molecular flexibility index (Phi) is 4.03. The quantitative estimate of drug-likeness (QED) is 0.458. The zero-order valence-corrected chi connectivity index (χ0v) is 9.36. The maximum absolute atomic E-state index is 10.8. The number of nitrogens with zero attached hydrogens (tertiary/aromatic N) is 2. The molecule has 0 aliphatic rings. The highest BCUT2D eigenvalue weighted by Gasteiger charge is 2.17. The number of rotatable bonds is 3. The van der Waals surface area contributed by atoms with E-state index in [9.17, 15) is 10.1 Å². The monoisotopic (exact) mass is 236 g/mol. The lowest BCUT2D eigenvalue weighted by Gasteiger charge is -2.02. The maximum Gasteiger partial charge on any atom is 0.278 e. The molecular formula is C11H9ClN2O2. The summed E-state index contributed by atoms with van der Waals surface area (Å²) >= 11 is 5.97. The smallest absolute Gasteiger partial charge is 0.258 e. The van der Waals surface area contributed by atoms with Crippen molar-refractivity contribution < 1.29 is 4.92 Å². The fraction of sp³-hybridized carbons (Fsp3) is 0.182. The molecule has 0 saturated heterocycles. The lowest BCUT2D eigenvalue weighted by atomic mass is 10.1. The molecule has 0 N–H and O–H groups in total. The third kappa shape index (κ3) is 2.38. The van der Waals surface area contributed by atoms with Gasteiger partial charge in [0.25, 0.3) is 5.69 Å². The number of hydrogen-bond donors (Lipinski definition) is 0. The van der Waals surface area contributed by atoms with Crippen LogP contribution in [0, 0.1) is 21.4 Å². The van der Waals surface area contributed by atoms with Gasteiger partial charge in [-0.05, 0) is 12.5 Å². The van der Waals surface area contributed by atoms with E-state index in [0.29, 0.717) is 12.0 Å². The summed E-state index contributed by atoms with van der Waals surface area (Å²) < 4.78 is 0. The minimum absolute atomic E-state index is 0.0892. The average molecular weight is 237 g/mol. The fourth-order valence-electron chi connectivity index (χ4n) is 1.26. The van der Waals surface area contributed by atoms with Gasteiger partial charge in [-0.15, -0.1) is 0 Å². The number of para-hydroxylation sites is 1. The van der Waals surface area contributed by atoms with Crippen molar-refractivity contribution in [2.24, 2.45) is 0 Å². The van der Waals surface area contributed by atoms with Crippen molar-refractivity contribution in [2.45, 2.75) is 13.3 Å². The number of nitro benzene ring substituents is 1. The normalized spacial score (nSPS) is 11.6. The van der Waals surface area contributed by atoms with Crippen molar-refractivity contribution in [2.75, 3.05) is 0 Å². The van der Waals surface area contributed by atoms with Gasteiger partial charge in [-0.1, -0.05) is 30.7 Å². The molecule has 0 amide bonds. The third-order valence-corrected chi connectivity index (χ3v) is 2.52. The summed E-state index contributed by atoms with van der Waals surface area (Å²) in [7, 11) is 0. The van der Waals surface area contributed by atoms with Crippen LogP contribution < -0.4 is 0 Å². The van der Waals surface area contributed by atoms with Gasteiger partial charge in [-0.25, -0.2) is 0 Å². The standard InChI is InChI=1S/C11H9ClN2O2/c1-2-8(7-13)11(12)9-5-3-4-6-10(9)14(15)16/h3-6H,2H2,1H3. The molecule has 0 radical (unpaired) electrons. The van der Waals surface area contributed by atoms with Gasteiger partial charge in [0, 0.05) is 11.6 Å². The molecule has 0 saturated carbocycles. The predicted octanol–water partition coefficient (Wildman–Crippen LogP) is 3.48. The summed E-state index contributed by atoms with van der Waals surface area (Å²) in [5.41, 5.74) is 0.539. The minimum Gasteiger partial charge on any atom is -0.258 e. The van der Waals surface area contributed by atoms with Crippen LogP contribution in [0.25, 0.3) is 5.03 Å². The Labute approximate surface area is 97.9 Å². The molecule has 0 unspecified atom stereocenters. The molecule has 1 aromatic carbocycles. The molecule has 0 atom stereocenters. The van der Waals surface area contributed by atoms with Crippen molar-refractivity contribution >= 4 is 22.3 Å². The van der Waals surface area contributed by atoms with Crippen LogP contribution in [0.1, 0.15) is 18.9 Å². The van der Waals surface area contributed by atoms with E-state index in [2.05, 4.69) is 0 Å². The first kappa shape index (κ1) is 12.2. The molecule has 0 spiro atoms. The first-order valence-corrected chi connectivity index (χ1v) is 5.02. The van der Waals surface area contributed by atoms with Crippen molar-refractivity contribution in [1.82, 2.24) is 0 Å². The highest BCUT2D eigenvalue weighted by atomic mass is 35.5. The number of halogens is 1. The van der Waals surface area contributed by atoms with Crippen LogP contribution in [0.4, 0.5) is 5.69 Å². The van der Waals surface area contributed by atoms with Gasteiger partial charge < -0.3 is 0 Å². The van der Waals surface area contributed by atoms with Crippen LogP contribution >= 0.6 is 11.6 Å². The first-order chi connectivity index (χ1) is 7.61. The molecule has 0 fully saturated rings. The van der Waals surface area contributed by atoms with E-state index in [1.807, 2.05) is 6.07 Å². The molecule has 16 heavy (non-hydrogen) atoms. The Morgan fingerprint density at radius 1 is 1.56 bits per heavy atom. The second-order valence-corrected chi connectivity index (χ2v) is 3.41. The molecule has 0 bridgehead atoms. The second kappa shape index (κ2) is 5.29. The average Bonchev–Trinajstić information content (AvgIpc) is 2.30. The van der Waals surface area contributed by atoms with E-state index >= 15 is 0 Å². The van der Waals surface area contributed by atoms with Crippen molar-refractivity contribution in [3.05, 3.63) is 45.5 Å². The van der Waals surface area contributed by atoms with E-state index in [1.165, 1.54) is 12.1 Å². The molecular weight excluding hydrogens is 228 g/mol. The van der Waals surface area contributed by atoms with Gasteiger partial charge in [0.05, 0.1) is 21.6 Å². The predicted molar refractivity (Wildman–Crippen MR) is 61.8 cm³/mol. The Bertz CT molecular complexity index is 489. The fourth-order valence-corrected chi connectivity index (χ4v) is 1.60. The molecule has 82 valence electrons. The lowest BCUT2D eigenvalue weighted by Crippen LogP contribution is -1.94. The molecule has 1 rings (SSSR count). The molecule has 5 heteroatoms. The maximum atomic E-state index is 10.8. The molecule has 0 aliphatic heterocycles. The van der Waals surface area contributed by atoms with Crippen molar-refractivity contribution in [3.63, 3.8) is 0 Å². The zero-order chi connectivity index (χ0) is 12.1. The van der Waals surface area contributed by atoms with Gasteiger partial charge in [0.1, 0.15) is 0 Å². The third-order valence-electron chi connectivity index (χ3n) is 2.09. The molecule has 4 nitrogen and oxygen atoms in total. The van der Waals surface area contributed by atoms with E-state index in [1.54, 1.807) is 19.1 Å². The highest BCUT2D eigenvalue weighted by molar-refractivity contribution is 6.50. The van der Waals surface area contributed by atoms with Gasteiger partial charge >= 0.3 is 0 Å². The first-order valence-electron chi connectivity index (χ1n) is 4.64. The summed E-state index contributed by atoms with van der Waals surface area (Å²) in [6, 6.07) is 8.05. The van der Waals surface area contributed by atoms with Crippen molar-refractivity contribution in [1.29, 1.82) is 5.26 Å². The molecule has 0 heterocycles. The zero-order valence-electron chi connectivity index (χ0n) is 8.61. The van der Waals surface area contributed by atoms with Crippen LogP contribution in [0.2, 0.25) is 0 Å². The Morgan fingerprint density at radius 3 is 2.69 bits per heavy atom. The highest BCUT2D eigenvalue weighted by Crippen LogP contribution is 2.31. The molecule has 0 aliphatic carbocycles. The van der Waals surface area contributed by atoms with Crippen LogP contribution in [0.15, 0.2) is 29.8 Å². The summed E-state index contributed by atoms with van der Waals surface area (Å²) in [5, 5.41) is 19.7. The number of allylic oxidation sites excluding steroid dienone is 1. The summed E-state index contributed by atoms with van der Waals surface area (Å²) in [4.78, 5) is 10.3. The number of nitriles is 1. The van der Waals surface area contributed by atoms with E-state index in [0.717, 1.165) is 0 Å². The Morgan fingerprint density at radius 2 is 2.19 bits per heavy atom. The van der Waals surface area contributed by atoms with Gasteiger partial charge in [-0.2, -0.15) is 5.26 Å². The largest absolute Gasteiger partial charge is 0.278 e. The molecule has 0 aromatic heterocycles. The number of hydrogen-bond acceptors (Lipinski definition) is 3. The number of benzene rings is 1. The van der Waals surface area contributed by atoms with Gasteiger partial charge in [-0.3, -0.25) is 10.1 Å². The summed E-state index contributed by atoms with van der Waals surface area (Å²) in [6.07, 6.45) is 0.446. The van der Waals surface area contributed by atoms with Crippen LogP contribution in [0.3, 0.4) is 0 Å². The second-order valence-electron chi connectivity index (χ2n) is 3.03. The SMILES string of the molecule is CCC(C#N)=C(Cl)c1ccccc1[N+](=O)[O-]. The molecule has 1 aromatic rings. The van der Waals surface area contributed by atoms with Crippen LogP contribution in [-0.2, 0) is 0 Å². The van der Waals surface area contributed by atoms with Gasteiger partial charge in [0.15, 0.2) is 0 Å². The summed E-state index contributed by atoms with van der Waals surface area (Å²) in [5.74, 6) is 0.